The van der Waals surface area contributed by atoms with Crippen LogP contribution in [0.2, 0.25) is 0 Å². The molecular weight excluding hydrogens is 152 g/mol. The van der Waals surface area contributed by atoms with E-state index in [1.165, 1.54) is 0 Å². The van der Waals surface area contributed by atoms with Crippen molar-refractivity contribution in [2.45, 2.75) is 0 Å². The molecule has 0 aromatic rings. The Morgan fingerprint density at radius 3 is 1.33 bits per heavy atom. The van der Waals surface area contributed by atoms with Crippen molar-refractivity contribution < 1.29 is 30.8 Å². The van der Waals surface area contributed by atoms with E-state index in [1.54, 1.807) is 0 Å². The molecular formula is H3NNiO3P+. The number of rotatable bonds is 0. The number of hydrogen-bond donors (Lipinski definition) is 1. The minimum absolute atomic E-state index is 0. The Kier molecular flexibility index (Phi) is 24.3. The van der Waals surface area contributed by atoms with Gasteiger partial charge in [-0.1, -0.05) is 4.57 Å². The first-order valence-electron chi connectivity index (χ1n) is 0.548. The van der Waals surface area contributed by atoms with Crippen molar-refractivity contribution >= 4 is 8.25 Å². The van der Waals surface area contributed by atoms with Crippen LogP contribution in [0.5, 0.6) is 0 Å². The van der Waals surface area contributed by atoms with Gasteiger partial charge < -0.3 is 15.9 Å². The summed E-state index contributed by atoms with van der Waals surface area (Å²) >= 11 is 0. The van der Waals surface area contributed by atoms with E-state index in [4.69, 9.17) is 14.4 Å². The van der Waals surface area contributed by atoms with E-state index in [0.29, 0.717) is 0 Å². The van der Waals surface area contributed by atoms with E-state index >= 15 is 0 Å². The molecule has 0 spiro atoms. The Bertz CT molecular complexity index is 33.8. The third kappa shape index (κ3) is 241. The largest absolute Gasteiger partial charge is 2.00 e. The molecule has 0 aliphatic carbocycles. The van der Waals surface area contributed by atoms with Crippen LogP contribution in [0, 0.1) is 0 Å². The number of hydrogen-bond acceptors (Lipinski definition) is 4. The summed E-state index contributed by atoms with van der Waals surface area (Å²) in [6.07, 6.45) is 0. The Labute approximate surface area is 46.0 Å². The third-order valence-corrected chi connectivity index (χ3v) is 0. The van der Waals surface area contributed by atoms with Gasteiger partial charge in [0.15, 0.2) is 0 Å². The molecule has 4 nitrogen and oxygen atoms in total. The maximum absolute atomic E-state index is 8.48. The zero-order valence-corrected chi connectivity index (χ0v) is 4.58. The summed E-state index contributed by atoms with van der Waals surface area (Å²) < 4.78 is 8.48. The Hall–Kier alpha value is 0.474. The second-order valence-corrected chi connectivity index (χ2v) is 0.671. The van der Waals surface area contributed by atoms with Gasteiger partial charge in [-0.25, -0.2) is 0 Å². The summed E-state index contributed by atoms with van der Waals surface area (Å²) in [6.45, 7) is 0. The molecule has 0 bridgehead atoms. The minimum Gasteiger partial charge on any atom is -0.598 e. The van der Waals surface area contributed by atoms with E-state index in [2.05, 4.69) is 0 Å². The van der Waals surface area contributed by atoms with Crippen molar-refractivity contribution in [3.05, 3.63) is 0 Å². The van der Waals surface area contributed by atoms with Crippen molar-refractivity contribution in [3.63, 3.8) is 0 Å². The van der Waals surface area contributed by atoms with E-state index < -0.39 is 8.25 Å². The molecule has 0 saturated carbocycles. The Balaban J connectivity index is -0.0000000450. The van der Waals surface area contributed by atoms with Crippen molar-refractivity contribution in [2.24, 2.45) is 0 Å². The fraction of sp³-hybridized carbons (Fsp3) is 0. The molecule has 40 valence electrons. The fourth-order valence-electron chi connectivity index (χ4n) is 0. The second kappa shape index (κ2) is 9.08. The minimum atomic E-state index is -3.37. The van der Waals surface area contributed by atoms with Crippen LogP contribution in [0.4, 0.5) is 0 Å². The molecule has 0 saturated heterocycles. The molecule has 0 aromatic carbocycles. The molecule has 0 atom stereocenters. The molecule has 0 amide bonds. The van der Waals surface area contributed by atoms with Crippen LogP contribution in [0.25, 0.3) is 0 Å². The summed E-state index contributed by atoms with van der Waals surface area (Å²) in [5, 5.41) is 0. The molecule has 0 fully saturated rings. The predicted octanol–water partition coefficient (Wildman–Crippen LogP) is -1.48. The summed E-state index contributed by atoms with van der Waals surface area (Å²) in [6, 6.07) is 0. The van der Waals surface area contributed by atoms with Gasteiger partial charge in [-0.05, 0) is 0 Å². The van der Waals surface area contributed by atoms with E-state index in [1.807, 2.05) is 0 Å². The summed E-state index contributed by atoms with van der Waals surface area (Å²) in [7, 11) is -3.37. The zero-order valence-electron chi connectivity index (χ0n) is 2.70. The van der Waals surface area contributed by atoms with Crippen LogP contribution >= 0.6 is 8.25 Å². The zero-order chi connectivity index (χ0) is 3.58. The summed E-state index contributed by atoms with van der Waals surface area (Å²) in [4.78, 5) is 17.0. The van der Waals surface area contributed by atoms with Crippen molar-refractivity contribution in [2.75, 3.05) is 0 Å². The average Bonchev–Trinajstić information content (AvgIpc) is 0.811. The summed E-state index contributed by atoms with van der Waals surface area (Å²) in [5.74, 6) is 0. The molecule has 3 N–H and O–H groups in total. The van der Waals surface area contributed by atoms with Crippen molar-refractivity contribution in [1.29, 1.82) is 0 Å². The molecule has 6 heteroatoms. The molecule has 0 heterocycles. The molecule has 0 unspecified atom stereocenters. The quantitative estimate of drug-likeness (QED) is 0.340. The Morgan fingerprint density at radius 1 is 1.33 bits per heavy atom. The first kappa shape index (κ1) is 16.1. The van der Waals surface area contributed by atoms with Gasteiger partial charge in [0.2, 0.25) is 0 Å². The van der Waals surface area contributed by atoms with Crippen LogP contribution in [0.3, 0.4) is 0 Å². The third-order valence-electron chi connectivity index (χ3n) is 0. The first-order chi connectivity index (χ1) is 1.73. The maximum Gasteiger partial charge on any atom is 2.00 e. The normalized spacial score (nSPS) is 4.33. The van der Waals surface area contributed by atoms with E-state index in [9.17, 15) is 0 Å². The van der Waals surface area contributed by atoms with Gasteiger partial charge in [-0.15, -0.1) is 0 Å². The molecule has 0 aliphatic heterocycles. The van der Waals surface area contributed by atoms with Gasteiger partial charge in [-0.3, -0.25) is 0 Å². The predicted molar refractivity (Wildman–Crippen MR) is 12.6 cm³/mol. The van der Waals surface area contributed by atoms with Gasteiger partial charge in [0.1, 0.15) is 0 Å². The summed E-state index contributed by atoms with van der Waals surface area (Å²) in [5.41, 5.74) is 0. The van der Waals surface area contributed by atoms with Crippen molar-refractivity contribution in [1.82, 2.24) is 6.15 Å². The smallest absolute Gasteiger partial charge is 0.598 e. The maximum atomic E-state index is 8.48. The molecule has 0 aliphatic rings. The standard InChI is InChI=1S/H3N.Ni.HO3P/c;;1-4(2)3/h1H3;;(H,1,2,3)/q;+2;/p-1. The monoisotopic (exact) mass is 154 g/mol. The molecule has 0 radical (unpaired) electrons. The molecule has 6 heavy (non-hydrogen) atoms. The molecule has 0 rings (SSSR count). The first-order valence-corrected chi connectivity index (χ1v) is 1.64. The fourth-order valence-corrected chi connectivity index (χ4v) is 0. The van der Waals surface area contributed by atoms with Crippen LogP contribution in [-0.4, -0.2) is 0 Å². The van der Waals surface area contributed by atoms with Crippen LogP contribution in [0.1, 0.15) is 0 Å². The van der Waals surface area contributed by atoms with Crippen LogP contribution in [0.15, 0.2) is 0 Å². The van der Waals surface area contributed by atoms with Gasteiger partial charge >= 0.3 is 16.5 Å². The van der Waals surface area contributed by atoms with Gasteiger partial charge in [-0.2, -0.15) is 0 Å². The van der Waals surface area contributed by atoms with Gasteiger partial charge in [0.25, 0.3) is 8.25 Å². The topological polar surface area (TPSA) is 98.2 Å². The van der Waals surface area contributed by atoms with Gasteiger partial charge in [0.05, 0.1) is 0 Å². The van der Waals surface area contributed by atoms with Crippen molar-refractivity contribution in [3.8, 4) is 0 Å². The van der Waals surface area contributed by atoms with Crippen LogP contribution < -0.4 is 15.9 Å². The van der Waals surface area contributed by atoms with E-state index in [0.717, 1.165) is 0 Å². The Morgan fingerprint density at radius 2 is 1.33 bits per heavy atom. The average molecular weight is 155 g/mol. The SMILES string of the molecule is N.O=[P+]([O-])[O-].[Ni+2]. The second-order valence-electron chi connectivity index (χ2n) is 0.224. The van der Waals surface area contributed by atoms with E-state index in [-0.39, 0.29) is 22.6 Å². The molecule has 0 aromatic heterocycles. The van der Waals surface area contributed by atoms with Gasteiger partial charge in [0, 0.05) is 0 Å². The van der Waals surface area contributed by atoms with Crippen LogP contribution in [-0.2, 0) is 21.1 Å².